The molecule has 0 saturated heterocycles. The minimum absolute atomic E-state index is 0.0487. The highest BCUT2D eigenvalue weighted by Crippen LogP contribution is 2.15. The van der Waals surface area contributed by atoms with Gasteiger partial charge in [0.25, 0.3) is 0 Å². The van der Waals surface area contributed by atoms with Crippen molar-refractivity contribution in [3.05, 3.63) is 71.3 Å². The van der Waals surface area contributed by atoms with Gasteiger partial charge in [0.05, 0.1) is 18.8 Å². The van der Waals surface area contributed by atoms with Crippen LogP contribution in [0.4, 0.5) is 0 Å². The van der Waals surface area contributed by atoms with E-state index in [1.165, 1.54) is 12.1 Å². The molecule has 0 radical (unpaired) electrons. The number of carboxylic acid groups (broad SMARTS) is 1. The Balaban J connectivity index is 0.000000705. The number of aliphatic hydroxyl groups excluding tert-OH is 2. The lowest BCUT2D eigenvalue weighted by molar-refractivity contribution is -0.140. The van der Waals surface area contributed by atoms with Gasteiger partial charge in [0.1, 0.15) is 0 Å². The first-order valence-electron chi connectivity index (χ1n) is 7.30. The Morgan fingerprint density at radius 1 is 0.800 bits per heavy atom. The summed E-state index contributed by atoms with van der Waals surface area (Å²) in [6, 6.07) is 14.7. The predicted octanol–water partition coefficient (Wildman–Crippen LogP) is 1.13. The molecule has 25 heavy (non-hydrogen) atoms. The largest absolute Gasteiger partial charge is 0.479 e. The predicted molar refractivity (Wildman–Crippen MR) is 88.4 cm³/mol. The summed E-state index contributed by atoms with van der Waals surface area (Å²) >= 11 is 0. The highest BCUT2D eigenvalue weighted by Gasteiger charge is 2.19. The third-order valence-electron chi connectivity index (χ3n) is 2.85. The van der Waals surface area contributed by atoms with E-state index in [4.69, 9.17) is 15.3 Å². The summed E-state index contributed by atoms with van der Waals surface area (Å²) in [6.45, 7) is -0.993. The zero-order valence-corrected chi connectivity index (χ0v) is 13.3. The number of ether oxygens (including phenoxy) is 1. The van der Waals surface area contributed by atoms with E-state index in [1.54, 1.807) is 42.5 Å². The molecule has 7 heteroatoms. The second-order valence-electron chi connectivity index (χ2n) is 4.66. The SMILES string of the molecule is O=C(O)COC(=O)c1ccccc1C(=O)c1ccccc1.OCCO. The first-order chi connectivity index (χ1) is 12.0. The molecule has 0 aliphatic heterocycles. The van der Waals surface area contributed by atoms with E-state index < -0.39 is 18.5 Å². The van der Waals surface area contributed by atoms with Gasteiger partial charge in [-0.2, -0.15) is 0 Å². The summed E-state index contributed by atoms with van der Waals surface area (Å²) in [4.78, 5) is 34.7. The van der Waals surface area contributed by atoms with Crippen molar-refractivity contribution >= 4 is 17.7 Å². The molecule has 0 aromatic heterocycles. The van der Waals surface area contributed by atoms with Crippen molar-refractivity contribution in [3.8, 4) is 0 Å². The van der Waals surface area contributed by atoms with Crippen LogP contribution in [0.5, 0.6) is 0 Å². The van der Waals surface area contributed by atoms with Gasteiger partial charge in [-0.3, -0.25) is 4.79 Å². The molecule has 2 aromatic carbocycles. The fourth-order valence-corrected chi connectivity index (χ4v) is 1.81. The Morgan fingerprint density at radius 3 is 1.84 bits per heavy atom. The molecular weight excluding hydrogens is 328 g/mol. The first-order valence-corrected chi connectivity index (χ1v) is 7.30. The Bertz CT molecular complexity index is 708. The van der Waals surface area contributed by atoms with E-state index >= 15 is 0 Å². The molecule has 0 bridgehead atoms. The van der Waals surface area contributed by atoms with Crippen LogP contribution in [0.2, 0.25) is 0 Å². The molecule has 0 aliphatic carbocycles. The molecule has 0 aliphatic rings. The summed E-state index contributed by atoms with van der Waals surface area (Å²) in [5.74, 6) is -2.41. The average molecular weight is 346 g/mol. The fourth-order valence-electron chi connectivity index (χ4n) is 1.81. The van der Waals surface area contributed by atoms with Crippen LogP contribution in [0, 0.1) is 0 Å². The summed E-state index contributed by atoms with van der Waals surface area (Å²) < 4.78 is 4.63. The van der Waals surface area contributed by atoms with E-state index in [0.29, 0.717) is 5.56 Å². The van der Waals surface area contributed by atoms with Crippen LogP contribution in [-0.2, 0) is 9.53 Å². The Labute approximate surface area is 144 Å². The zero-order chi connectivity index (χ0) is 18.7. The van der Waals surface area contributed by atoms with E-state index in [1.807, 2.05) is 0 Å². The standard InChI is InChI=1S/C16H12O5.C2H6O2/c17-14(18)10-21-16(20)13-9-5-4-8-12(13)15(19)11-6-2-1-3-7-11;3-1-2-4/h1-9H,10H2,(H,17,18);3-4H,1-2H2. The molecule has 7 nitrogen and oxygen atoms in total. The quantitative estimate of drug-likeness (QED) is 0.529. The second-order valence-corrected chi connectivity index (χ2v) is 4.66. The molecule has 2 aromatic rings. The van der Waals surface area contributed by atoms with Crippen molar-refractivity contribution < 1.29 is 34.4 Å². The minimum Gasteiger partial charge on any atom is -0.479 e. The molecular formula is C18H18O7. The number of carbonyl (C=O) groups excluding carboxylic acids is 2. The lowest BCUT2D eigenvalue weighted by atomic mass is 9.98. The summed E-state index contributed by atoms with van der Waals surface area (Å²) in [5.41, 5.74) is 0.669. The highest BCUT2D eigenvalue weighted by atomic mass is 16.5. The van der Waals surface area contributed by atoms with Gasteiger partial charge in [-0.05, 0) is 6.07 Å². The van der Waals surface area contributed by atoms with Gasteiger partial charge in [0, 0.05) is 11.1 Å². The number of aliphatic carboxylic acids is 1. The van der Waals surface area contributed by atoms with E-state index in [2.05, 4.69) is 4.74 Å². The number of esters is 1. The van der Waals surface area contributed by atoms with Crippen LogP contribution in [0.3, 0.4) is 0 Å². The Kier molecular flexibility index (Phi) is 8.56. The molecule has 3 N–H and O–H groups in total. The number of hydrogen-bond donors (Lipinski definition) is 3. The van der Waals surface area contributed by atoms with Crippen molar-refractivity contribution in [2.45, 2.75) is 0 Å². The molecule has 0 spiro atoms. The molecule has 0 fully saturated rings. The van der Waals surface area contributed by atoms with E-state index in [-0.39, 0.29) is 30.1 Å². The first kappa shape index (κ1) is 20.0. The summed E-state index contributed by atoms with van der Waals surface area (Å²) in [5, 5.41) is 23.8. The molecule has 0 amide bonds. The van der Waals surface area contributed by atoms with Gasteiger partial charge in [0.2, 0.25) is 0 Å². The van der Waals surface area contributed by atoms with Crippen molar-refractivity contribution in [1.82, 2.24) is 0 Å². The number of ketones is 1. The van der Waals surface area contributed by atoms with Gasteiger partial charge in [-0.15, -0.1) is 0 Å². The van der Waals surface area contributed by atoms with Crippen molar-refractivity contribution in [2.24, 2.45) is 0 Å². The maximum atomic E-state index is 12.4. The van der Waals surface area contributed by atoms with Crippen molar-refractivity contribution in [2.75, 3.05) is 19.8 Å². The average Bonchev–Trinajstić information content (AvgIpc) is 2.66. The maximum Gasteiger partial charge on any atom is 0.341 e. The van der Waals surface area contributed by atoms with Crippen molar-refractivity contribution in [3.63, 3.8) is 0 Å². The molecule has 0 saturated carbocycles. The van der Waals surface area contributed by atoms with Gasteiger partial charge in [-0.1, -0.05) is 48.5 Å². The van der Waals surface area contributed by atoms with E-state index in [9.17, 15) is 14.4 Å². The summed E-state index contributed by atoms with van der Waals surface area (Å²) in [7, 11) is 0. The number of carbonyl (C=O) groups is 3. The van der Waals surface area contributed by atoms with Gasteiger partial charge < -0.3 is 20.1 Å². The molecule has 132 valence electrons. The Hall–Kier alpha value is -3.03. The third-order valence-corrected chi connectivity index (χ3v) is 2.85. The van der Waals surface area contributed by atoms with Crippen LogP contribution >= 0.6 is 0 Å². The maximum absolute atomic E-state index is 12.4. The van der Waals surface area contributed by atoms with Gasteiger partial charge in [-0.25, -0.2) is 9.59 Å². The normalized spacial score (nSPS) is 9.52. The van der Waals surface area contributed by atoms with Gasteiger partial charge >= 0.3 is 11.9 Å². The topological polar surface area (TPSA) is 121 Å². The molecule has 2 rings (SSSR count). The highest BCUT2D eigenvalue weighted by molar-refractivity contribution is 6.14. The lowest BCUT2D eigenvalue weighted by Crippen LogP contribution is -2.16. The van der Waals surface area contributed by atoms with E-state index in [0.717, 1.165) is 0 Å². The summed E-state index contributed by atoms with van der Waals surface area (Å²) in [6.07, 6.45) is 0. The molecule has 0 unspecified atom stereocenters. The number of carboxylic acids is 1. The van der Waals surface area contributed by atoms with Crippen LogP contribution in [0.25, 0.3) is 0 Å². The lowest BCUT2D eigenvalue weighted by Gasteiger charge is -2.08. The number of rotatable bonds is 6. The van der Waals surface area contributed by atoms with Crippen LogP contribution in [0.15, 0.2) is 54.6 Å². The monoisotopic (exact) mass is 346 g/mol. The second kappa shape index (κ2) is 10.7. The van der Waals surface area contributed by atoms with Crippen LogP contribution in [0.1, 0.15) is 26.3 Å². The van der Waals surface area contributed by atoms with Crippen LogP contribution in [-0.4, -0.2) is 52.9 Å². The van der Waals surface area contributed by atoms with Gasteiger partial charge in [0.15, 0.2) is 12.4 Å². The number of hydrogen-bond acceptors (Lipinski definition) is 6. The van der Waals surface area contributed by atoms with Crippen LogP contribution < -0.4 is 0 Å². The molecule has 0 heterocycles. The number of benzene rings is 2. The Morgan fingerprint density at radius 2 is 1.32 bits per heavy atom. The zero-order valence-electron chi connectivity index (χ0n) is 13.3. The number of aliphatic hydroxyl groups is 2. The minimum atomic E-state index is -1.25. The smallest absolute Gasteiger partial charge is 0.341 e. The van der Waals surface area contributed by atoms with Crippen molar-refractivity contribution in [1.29, 1.82) is 0 Å². The molecule has 0 atom stereocenters. The fraction of sp³-hybridized carbons (Fsp3) is 0.167. The third kappa shape index (κ3) is 6.54.